The lowest BCUT2D eigenvalue weighted by Crippen LogP contribution is -2.46. The van der Waals surface area contributed by atoms with Gasteiger partial charge in [0.25, 0.3) is 0 Å². The van der Waals surface area contributed by atoms with Gasteiger partial charge in [0, 0.05) is 44.4 Å². The van der Waals surface area contributed by atoms with Crippen molar-refractivity contribution in [2.24, 2.45) is 0 Å². The molecule has 0 saturated carbocycles. The molecule has 2 aromatic carbocycles. The highest BCUT2D eigenvalue weighted by Crippen LogP contribution is 2.23. The normalized spacial score (nSPS) is 15.2. The number of nitrogens with zero attached hydrogens (tertiary/aromatic N) is 4. The number of hydrogen-bond donors (Lipinski definition) is 0. The molecule has 0 bridgehead atoms. The highest BCUT2D eigenvalue weighted by atomic mass is 35.5. The average Bonchev–Trinajstić information content (AvgIpc) is 2.70. The average molecular weight is 365 g/mol. The SMILES string of the molecule is Clc1cc(N2CCN(Cc3ccccc3)CC2)nc(-c2ccccc2)n1. The highest BCUT2D eigenvalue weighted by molar-refractivity contribution is 6.29. The number of anilines is 1. The second kappa shape index (κ2) is 7.85. The molecule has 0 N–H and O–H groups in total. The van der Waals surface area contributed by atoms with Crippen molar-refractivity contribution in [1.29, 1.82) is 0 Å². The quantitative estimate of drug-likeness (QED) is 0.652. The second-order valence-electron chi connectivity index (χ2n) is 6.49. The van der Waals surface area contributed by atoms with Crippen LogP contribution in [0.5, 0.6) is 0 Å². The Morgan fingerprint density at radius 3 is 2.15 bits per heavy atom. The van der Waals surface area contributed by atoms with Crippen LogP contribution >= 0.6 is 11.6 Å². The zero-order chi connectivity index (χ0) is 17.8. The summed E-state index contributed by atoms with van der Waals surface area (Å²) in [4.78, 5) is 13.9. The molecule has 1 fully saturated rings. The molecule has 1 aromatic heterocycles. The van der Waals surface area contributed by atoms with Gasteiger partial charge in [0.15, 0.2) is 5.82 Å². The smallest absolute Gasteiger partial charge is 0.163 e. The predicted molar refractivity (Wildman–Crippen MR) is 106 cm³/mol. The minimum absolute atomic E-state index is 0.487. The molecule has 1 saturated heterocycles. The van der Waals surface area contributed by atoms with Crippen molar-refractivity contribution in [3.8, 4) is 11.4 Å². The van der Waals surface area contributed by atoms with E-state index in [-0.39, 0.29) is 0 Å². The molecule has 4 rings (SSSR count). The van der Waals surface area contributed by atoms with Crippen LogP contribution in [0, 0.1) is 0 Å². The van der Waals surface area contributed by atoms with Gasteiger partial charge in [0.05, 0.1) is 0 Å². The molecular weight excluding hydrogens is 344 g/mol. The summed E-state index contributed by atoms with van der Waals surface area (Å²) in [5.74, 6) is 1.59. The Kier molecular flexibility index (Phi) is 5.14. The fourth-order valence-corrected chi connectivity index (χ4v) is 3.44. The van der Waals surface area contributed by atoms with Crippen LogP contribution in [0.4, 0.5) is 5.82 Å². The van der Waals surface area contributed by atoms with Crippen LogP contribution in [-0.4, -0.2) is 41.0 Å². The van der Waals surface area contributed by atoms with E-state index in [1.54, 1.807) is 0 Å². The first-order valence-electron chi connectivity index (χ1n) is 8.89. The molecule has 0 aliphatic carbocycles. The summed E-state index contributed by atoms with van der Waals surface area (Å²) < 4.78 is 0. The van der Waals surface area contributed by atoms with E-state index in [2.05, 4.69) is 45.1 Å². The van der Waals surface area contributed by atoms with Gasteiger partial charge >= 0.3 is 0 Å². The summed E-state index contributed by atoms with van der Waals surface area (Å²) in [7, 11) is 0. The molecular formula is C21H21ClN4. The van der Waals surface area contributed by atoms with Gasteiger partial charge in [-0.25, -0.2) is 9.97 Å². The fourth-order valence-electron chi connectivity index (χ4n) is 3.26. The molecule has 0 spiro atoms. The molecule has 1 aliphatic heterocycles. The van der Waals surface area contributed by atoms with Gasteiger partial charge in [0.1, 0.15) is 11.0 Å². The van der Waals surface area contributed by atoms with E-state index in [1.807, 2.05) is 36.4 Å². The van der Waals surface area contributed by atoms with Crippen LogP contribution in [0.15, 0.2) is 66.7 Å². The van der Waals surface area contributed by atoms with Crippen molar-refractivity contribution in [3.05, 3.63) is 77.4 Å². The van der Waals surface area contributed by atoms with Gasteiger partial charge < -0.3 is 4.90 Å². The molecule has 0 unspecified atom stereocenters. The van der Waals surface area contributed by atoms with E-state index in [0.717, 1.165) is 44.1 Å². The maximum Gasteiger partial charge on any atom is 0.163 e. The van der Waals surface area contributed by atoms with Crippen molar-refractivity contribution in [1.82, 2.24) is 14.9 Å². The van der Waals surface area contributed by atoms with Crippen molar-refractivity contribution >= 4 is 17.4 Å². The third-order valence-corrected chi connectivity index (χ3v) is 4.85. The monoisotopic (exact) mass is 364 g/mol. The Labute approximate surface area is 159 Å². The number of aromatic nitrogens is 2. The molecule has 0 atom stereocenters. The van der Waals surface area contributed by atoms with Crippen LogP contribution in [0.2, 0.25) is 5.15 Å². The number of rotatable bonds is 4. The molecule has 3 aromatic rings. The number of halogens is 1. The van der Waals surface area contributed by atoms with Crippen LogP contribution in [0.1, 0.15) is 5.56 Å². The van der Waals surface area contributed by atoms with Crippen LogP contribution in [0.3, 0.4) is 0 Å². The lowest BCUT2D eigenvalue weighted by atomic mass is 10.2. The molecule has 132 valence electrons. The Balaban J connectivity index is 1.45. The largest absolute Gasteiger partial charge is 0.354 e. The number of hydrogen-bond acceptors (Lipinski definition) is 4. The van der Waals surface area contributed by atoms with E-state index in [9.17, 15) is 0 Å². The van der Waals surface area contributed by atoms with Gasteiger partial charge in [-0.15, -0.1) is 0 Å². The zero-order valence-corrected chi connectivity index (χ0v) is 15.3. The maximum atomic E-state index is 6.27. The molecule has 26 heavy (non-hydrogen) atoms. The van der Waals surface area contributed by atoms with E-state index in [4.69, 9.17) is 16.6 Å². The Morgan fingerprint density at radius 2 is 1.46 bits per heavy atom. The van der Waals surface area contributed by atoms with E-state index >= 15 is 0 Å². The summed E-state index contributed by atoms with van der Waals surface area (Å²) in [5.41, 5.74) is 2.34. The zero-order valence-electron chi connectivity index (χ0n) is 14.6. The van der Waals surface area contributed by atoms with E-state index in [0.29, 0.717) is 11.0 Å². The van der Waals surface area contributed by atoms with Crippen LogP contribution < -0.4 is 4.90 Å². The standard InChI is InChI=1S/C21H21ClN4/c22-19-15-20(24-21(23-19)18-9-5-2-6-10-18)26-13-11-25(12-14-26)16-17-7-3-1-4-8-17/h1-10,15H,11-14,16H2. The fraction of sp³-hybridized carbons (Fsp3) is 0.238. The summed E-state index contributed by atoms with van der Waals surface area (Å²) in [6, 6.07) is 22.5. The first kappa shape index (κ1) is 17.0. The molecule has 4 nitrogen and oxygen atoms in total. The third kappa shape index (κ3) is 4.03. The third-order valence-electron chi connectivity index (χ3n) is 4.66. The van der Waals surface area contributed by atoms with E-state index in [1.165, 1.54) is 5.56 Å². The first-order chi connectivity index (χ1) is 12.8. The van der Waals surface area contributed by atoms with Gasteiger partial charge in [-0.2, -0.15) is 0 Å². The maximum absolute atomic E-state index is 6.27. The van der Waals surface area contributed by atoms with Crippen molar-refractivity contribution in [2.75, 3.05) is 31.1 Å². The van der Waals surface area contributed by atoms with Gasteiger partial charge in [-0.05, 0) is 5.56 Å². The molecule has 1 aliphatic rings. The predicted octanol–water partition coefficient (Wildman–Crippen LogP) is 4.12. The van der Waals surface area contributed by atoms with Crippen LogP contribution in [0.25, 0.3) is 11.4 Å². The van der Waals surface area contributed by atoms with Gasteiger partial charge in [0.2, 0.25) is 0 Å². The number of piperazine rings is 1. The minimum Gasteiger partial charge on any atom is -0.354 e. The second-order valence-corrected chi connectivity index (χ2v) is 6.87. The number of benzene rings is 2. The lowest BCUT2D eigenvalue weighted by molar-refractivity contribution is 0.249. The molecule has 5 heteroatoms. The summed E-state index contributed by atoms with van der Waals surface area (Å²) in [6.07, 6.45) is 0. The van der Waals surface area contributed by atoms with Gasteiger partial charge in [-0.1, -0.05) is 72.3 Å². The first-order valence-corrected chi connectivity index (χ1v) is 9.27. The summed E-state index contributed by atoms with van der Waals surface area (Å²) in [6.45, 7) is 4.89. The van der Waals surface area contributed by atoms with Crippen molar-refractivity contribution in [3.63, 3.8) is 0 Å². The Hall–Kier alpha value is -2.43. The van der Waals surface area contributed by atoms with Crippen LogP contribution in [-0.2, 0) is 6.54 Å². The summed E-state index contributed by atoms with van der Waals surface area (Å²) >= 11 is 6.27. The Bertz CT molecular complexity index is 846. The Morgan fingerprint density at radius 1 is 0.808 bits per heavy atom. The molecule has 0 amide bonds. The van der Waals surface area contributed by atoms with Gasteiger partial charge in [-0.3, -0.25) is 4.90 Å². The topological polar surface area (TPSA) is 32.3 Å². The van der Waals surface area contributed by atoms with E-state index < -0.39 is 0 Å². The highest BCUT2D eigenvalue weighted by Gasteiger charge is 2.19. The van der Waals surface area contributed by atoms with Crippen molar-refractivity contribution in [2.45, 2.75) is 6.54 Å². The molecule has 2 heterocycles. The minimum atomic E-state index is 0.487. The molecule has 0 radical (unpaired) electrons. The lowest BCUT2D eigenvalue weighted by Gasteiger charge is -2.35. The van der Waals surface area contributed by atoms with Crippen molar-refractivity contribution < 1.29 is 0 Å². The summed E-state index contributed by atoms with van der Waals surface area (Å²) in [5, 5.41) is 0.487.